The van der Waals surface area contributed by atoms with Crippen molar-refractivity contribution in [3.05, 3.63) is 0 Å². The predicted octanol–water partition coefficient (Wildman–Crippen LogP) is 5.04. The average molecular weight is 328 g/mol. The van der Waals surface area contributed by atoms with Gasteiger partial charge < -0.3 is 4.74 Å². The fraction of sp³-hybridized carbons (Fsp3) is 0.786. The Morgan fingerprint density at radius 2 is 1.58 bits per heavy atom. The number of alkyl halides is 3. The maximum Gasteiger partial charge on any atom is 0.358 e. The van der Waals surface area contributed by atoms with Crippen LogP contribution in [0.1, 0.15) is 58.3 Å². The molecule has 0 aromatic rings. The first-order valence-corrected chi connectivity index (χ1v) is 7.81. The van der Waals surface area contributed by atoms with E-state index < -0.39 is 9.76 Å². The molecular weight excluding hydrogens is 307 g/mol. The van der Waals surface area contributed by atoms with Gasteiger partial charge in [0.2, 0.25) is 0 Å². The fourth-order valence-electron chi connectivity index (χ4n) is 1.48. The third-order valence-corrected chi connectivity index (χ3v) is 2.93. The van der Waals surface area contributed by atoms with Gasteiger partial charge >= 0.3 is 5.97 Å². The van der Waals surface area contributed by atoms with E-state index in [1.54, 1.807) is 0 Å². The minimum Gasteiger partial charge on any atom is -0.463 e. The molecule has 0 amide bonds. The predicted molar refractivity (Wildman–Crippen MR) is 81.6 cm³/mol. The Morgan fingerprint density at radius 1 is 1.00 bits per heavy atom. The van der Waals surface area contributed by atoms with Gasteiger partial charge in [-0.3, -0.25) is 0 Å². The van der Waals surface area contributed by atoms with Crippen LogP contribution in [0, 0.1) is 11.8 Å². The molecular formula is C14H21Cl3O2. The van der Waals surface area contributed by atoms with Crippen molar-refractivity contribution in [1.29, 1.82) is 0 Å². The van der Waals surface area contributed by atoms with Gasteiger partial charge in [-0.15, -0.1) is 11.8 Å². The highest BCUT2D eigenvalue weighted by molar-refractivity contribution is 6.75. The lowest BCUT2D eigenvalue weighted by Crippen LogP contribution is -2.22. The zero-order valence-electron chi connectivity index (χ0n) is 11.3. The lowest BCUT2D eigenvalue weighted by molar-refractivity contribution is -0.142. The van der Waals surface area contributed by atoms with Crippen molar-refractivity contribution < 1.29 is 9.53 Å². The lowest BCUT2D eigenvalue weighted by Gasteiger charge is -2.10. The Hall–Kier alpha value is -0.100. The molecule has 0 rings (SSSR count). The van der Waals surface area contributed by atoms with Gasteiger partial charge in [0, 0.05) is 12.8 Å². The standard InChI is InChI=1S/C14H21Cl3O2/c1-2-3-4-5-6-7-8-9-10-11-12-19-13(18)14(15,16)17/h2,5-12H2,1H3. The van der Waals surface area contributed by atoms with Crippen molar-refractivity contribution in [3.8, 4) is 11.8 Å². The van der Waals surface area contributed by atoms with Crippen molar-refractivity contribution >= 4 is 40.8 Å². The van der Waals surface area contributed by atoms with Gasteiger partial charge in [0.15, 0.2) is 0 Å². The van der Waals surface area contributed by atoms with Crippen molar-refractivity contribution in [2.75, 3.05) is 6.61 Å². The molecule has 0 fully saturated rings. The molecule has 0 atom stereocenters. The summed E-state index contributed by atoms with van der Waals surface area (Å²) in [5, 5.41) is 0. The molecule has 5 heteroatoms. The van der Waals surface area contributed by atoms with E-state index in [4.69, 9.17) is 39.5 Å². The average Bonchev–Trinajstić information content (AvgIpc) is 2.34. The van der Waals surface area contributed by atoms with Crippen LogP contribution in [0.5, 0.6) is 0 Å². The van der Waals surface area contributed by atoms with Crippen molar-refractivity contribution in [2.45, 2.75) is 62.1 Å². The monoisotopic (exact) mass is 326 g/mol. The Labute approximate surface area is 131 Å². The largest absolute Gasteiger partial charge is 0.463 e. The quantitative estimate of drug-likeness (QED) is 0.270. The SMILES string of the molecule is CCC#CCCCCCCCCOC(=O)C(Cl)(Cl)Cl. The molecule has 0 unspecified atom stereocenters. The van der Waals surface area contributed by atoms with Crippen LogP contribution in [0.15, 0.2) is 0 Å². The van der Waals surface area contributed by atoms with E-state index in [1.807, 2.05) is 0 Å². The molecule has 0 N–H and O–H groups in total. The third kappa shape index (κ3) is 12.7. The Bertz CT molecular complexity index is 300. The van der Waals surface area contributed by atoms with Crippen molar-refractivity contribution in [3.63, 3.8) is 0 Å². The summed E-state index contributed by atoms with van der Waals surface area (Å²) in [7, 11) is 0. The van der Waals surface area contributed by atoms with Gasteiger partial charge in [0.25, 0.3) is 3.79 Å². The molecule has 110 valence electrons. The van der Waals surface area contributed by atoms with Crippen molar-refractivity contribution in [2.24, 2.45) is 0 Å². The zero-order valence-corrected chi connectivity index (χ0v) is 13.6. The van der Waals surface area contributed by atoms with E-state index in [9.17, 15) is 4.79 Å². The topological polar surface area (TPSA) is 26.3 Å². The molecule has 0 heterocycles. The number of unbranched alkanes of at least 4 members (excludes halogenated alkanes) is 6. The molecule has 0 aliphatic carbocycles. The van der Waals surface area contributed by atoms with Crippen LogP contribution in [0.2, 0.25) is 0 Å². The number of hydrogen-bond acceptors (Lipinski definition) is 2. The van der Waals surface area contributed by atoms with Crippen LogP contribution in [-0.2, 0) is 9.53 Å². The van der Waals surface area contributed by atoms with Gasteiger partial charge in [0.05, 0.1) is 6.61 Å². The fourth-order valence-corrected chi connectivity index (χ4v) is 1.65. The Morgan fingerprint density at radius 3 is 2.16 bits per heavy atom. The number of carbonyl (C=O) groups excluding carboxylic acids is 1. The van der Waals surface area contributed by atoms with E-state index in [0.717, 1.165) is 38.5 Å². The van der Waals surface area contributed by atoms with Gasteiger partial charge in [-0.1, -0.05) is 67.4 Å². The normalized spacial score (nSPS) is 10.7. The highest BCUT2D eigenvalue weighted by atomic mass is 35.6. The molecule has 0 aromatic heterocycles. The second-order valence-corrected chi connectivity index (χ2v) is 6.49. The molecule has 0 saturated carbocycles. The van der Waals surface area contributed by atoms with Crippen LogP contribution in [0.3, 0.4) is 0 Å². The zero-order chi connectivity index (χ0) is 14.6. The number of rotatable bonds is 8. The van der Waals surface area contributed by atoms with Crippen molar-refractivity contribution in [1.82, 2.24) is 0 Å². The van der Waals surface area contributed by atoms with Crippen LogP contribution in [0.4, 0.5) is 0 Å². The highest BCUT2D eigenvalue weighted by Crippen LogP contribution is 2.27. The summed E-state index contributed by atoms with van der Waals surface area (Å²) >= 11 is 16.1. The molecule has 0 spiro atoms. The minimum atomic E-state index is -1.96. The minimum absolute atomic E-state index is 0.314. The molecule has 0 saturated heterocycles. The maximum atomic E-state index is 11.1. The van der Waals surface area contributed by atoms with E-state index in [2.05, 4.69) is 18.8 Å². The molecule has 0 bridgehead atoms. The highest BCUT2D eigenvalue weighted by Gasteiger charge is 2.32. The summed E-state index contributed by atoms with van der Waals surface area (Å²) in [5.74, 6) is 5.39. The summed E-state index contributed by atoms with van der Waals surface area (Å²) in [4.78, 5) is 11.1. The second kappa shape index (κ2) is 11.7. The smallest absolute Gasteiger partial charge is 0.358 e. The first kappa shape index (κ1) is 18.9. The molecule has 19 heavy (non-hydrogen) atoms. The van der Waals surface area contributed by atoms with Crippen LogP contribution in [0.25, 0.3) is 0 Å². The molecule has 0 radical (unpaired) electrons. The first-order chi connectivity index (χ1) is 8.98. The van der Waals surface area contributed by atoms with Crippen LogP contribution in [-0.4, -0.2) is 16.4 Å². The summed E-state index contributed by atoms with van der Waals surface area (Å²) in [6, 6.07) is 0. The number of esters is 1. The third-order valence-electron chi connectivity index (χ3n) is 2.46. The summed E-state index contributed by atoms with van der Waals surface area (Å²) in [5.41, 5.74) is 0. The van der Waals surface area contributed by atoms with Crippen LogP contribution >= 0.6 is 34.8 Å². The van der Waals surface area contributed by atoms with E-state index in [-0.39, 0.29) is 0 Å². The number of hydrogen-bond donors (Lipinski definition) is 0. The number of ether oxygens (including phenoxy) is 1. The number of halogens is 3. The molecule has 0 aliphatic rings. The Balaban J connectivity index is 3.26. The van der Waals surface area contributed by atoms with E-state index >= 15 is 0 Å². The molecule has 2 nitrogen and oxygen atoms in total. The van der Waals surface area contributed by atoms with Gasteiger partial charge in [0.1, 0.15) is 0 Å². The summed E-state index contributed by atoms with van der Waals surface area (Å²) < 4.78 is 2.87. The number of carbonyl (C=O) groups is 1. The maximum absolute atomic E-state index is 11.1. The van der Waals surface area contributed by atoms with Gasteiger partial charge in [-0.25, -0.2) is 4.79 Å². The van der Waals surface area contributed by atoms with Gasteiger partial charge in [-0.2, -0.15) is 0 Å². The lowest BCUT2D eigenvalue weighted by atomic mass is 10.1. The molecule has 0 aliphatic heterocycles. The van der Waals surface area contributed by atoms with Gasteiger partial charge in [-0.05, 0) is 12.8 Å². The van der Waals surface area contributed by atoms with Crippen LogP contribution < -0.4 is 0 Å². The van der Waals surface area contributed by atoms with E-state index in [1.165, 1.54) is 12.8 Å². The summed E-state index contributed by atoms with van der Waals surface area (Å²) in [6.07, 6.45) is 8.44. The first-order valence-electron chi connectivity index (χ1n) is 6.68. The summed E-state index contributed by atoms with van der Waals surface area (Å²) in [6.45, 7) is 2.37. The molecule has 0 aromatic carbocycles. The Kier molecular flexibility index (Phi) is 11.6. The van der Waals surface area contributed by atoms with E-state index in [0.29, 0.717) is 6.61 Å². The second-order valence-electron chi connectivity index (χ2n) is 4.21.